The van der Waals surface area contributed by atoms with Gasteiger partial charge in [-0.1, -0.05) is 50.1 Å². The third-order valence-corrected chi connectivity index (χ3v) is 4.82. The van der Waals surface area contributed by atoms with Gasteiger partial charge in [-0.15, -0.1) is 0 Å². The Bertz CT molecular complexity index is 1100. The van der Waals surface area contributed by atoms with Crippen molar-refractivity contribution in [3.63, 3.8) is 0 Å². The molecule has 31 heavy (non-hydrogen) atoms. The van der Waals surface area contributed by atoms with E-state index in [2.05, 4.69) is 5.32 Å². The maximum atomic E-state index is 11.4. The van der Waals surface area contributed by atoms with E-state index < -0.39 is 75.7 Å². The van der Waals surface area contributed by atoms with Crippen LogP contribution >= 0.6 is 0 Å². The SMILES string of the molecule is [2H]C([2H])([2H])C([2H])(NCC(COc1cccc2ccccc12)OC1OC(C(=O)O)C(O)C(O)C1O)C([2H])([2H])[2H]. The van der Waals surface area contributed by atoms with E-state index in [4.69, 9.17) is 23.8 Å². The molecule has 0 bridgehead atoms. The van der Waals surface area contributed by atoms with Gasteiger partial charge in [-0.3, -0.25) is 0 Å². The topological polar surface area (TPSA) is 138 Å². The lowest BCUT2D eigenvalue weighted by Crippen LogP contribution is -2.61. The standard InChI is InChI=1S/C22H29NO8/c1-12(2)23-10-14(11-29-16-9-5-7-13-6-3-4-8-15(13)16)30-22-19(26)17(24)18(25)20(31-22)21(27)28/h3-9,12,14,17-20,22-26H,10-11H2,1-2H3,(H,27,28)/i1D3,2D3,12D. The first kappa shape index (κ1) is 15.5. The van der Waals surface area contributed by atoms with Crippen molar-refractivity contribution >= 4 is 16.7 Å². The van der Waals surface area contributed by atoms with Gasteiger partial charge in [0, 0.05) is 27.5 Å². The summed E-state index contributed by atoms with van der Waals surface area (Å²) in [6, 6.07) is 9.28. The molecule has 2 aromatic carbocycles. The van der Waals surface area contributed by atoms with E-state index in [1.807, 2.05) is 18.2 Å². The lowest BCUT2D eigenvalue weighted by molar-refractivity contribution is -0.305. The van der Waals surface area contributed by atoms with Crippen molar-refractivity contribution in [2.75, 3.05) is 13.2 Å². The van der Waals surface area contributed by atoms with Gasteiger partial charge in [0.1, 0.15) is 36.8 Å². The van der Waals surface area contributed by atoms with Crippen molar-refractivity contribution in [2.45, 2.75) is 56.5 Å². The predicted molar refractivity (Wildman–Crippen MR) is 112 cm³/mol. The molecule has 0 radical (unpaired) electrons. The molecule has 0 saturated carbocycles. The fourth-order valence-corrected chi connectivity index (χ4v) is 3.22. The Morgan fingerprint density at radius 1 is 1.16 bits per heavy atom. The number of carbonyl (C=O) groups is 1. The number of aliphatic carboxylic acids is 1. The number of fused-ring (bicyclic) bond motifs is 1. The summed E-state index contributed by atoms with van der Waals surface area (Å²) in [6.45, 7) is -7.63. The van der Waals surface area contributed by atoms with E-state index in [0.717, 1.165) is 5.39 Å². The van der Waals surface area contributed by atoms with Crippen LogP contribution in [0.5, 0.6) is 5.75 Å². The van der Waals surface area contributed by atoms with Crippen molar-refractivity contribution in [2.24, 2.45) is 0 Å². The molecule has 1 saturated heterocycles. The summed E-state index contributed by atoms with van der Waals surface area (Å²) in [5, 5.41) is 43.4. The van der Waals surface area contributed by atoms with E-state index in [1.54, 1.807) is 24.3 Å². The van der Waals surface area contributed by atoms with E-state index in [-0.39, 0.29) is 0 Å². The van der Waals surface area contributed by atoms with Gasteiger partial charge in [-0.25, -0.2) is 4.79 Å². The van der Waals surface area contributed by atoms with Gasteiger partial charge in [-0.05, 0) is 11.5 Å². The molecule has 2 aromatic rings. The molecule has 9 heteroatoms. The predicted octanol–water partition coefficient (Wildman–Crippen LogP) is 0.494. The summed E-state index contributed by atoms with van der Waals surface area (Å²) in [5.41, 5.74) is 0. The quantitative estimate of drug-likeness (QED) is 0.376. The van der Waals surface area contributed by atoms with Crippen LogP contribution in [-0.4, -0.2) is 82.4 Å². The molecule has 0 spiro atoms. The van der Waals surface area contributed by atoms with Crippen LogP contribution in [0.2, 0.25) is 0 Å². The van der Waals surface area contributed by atoms with Crippen LogP contribution in [0.1, 0.15) is 23.3 Å². The summed E-state index contributed by atoms with van der Waals surface area (Å²) in [6.07, 6.45) is -11.0. The van der Waals surface area contributed by atoms with Crippen LogP contribution in [0.15, 0.2) is 42.5 Å². The fraction of sp³-hybridized carbons (Fsp3) is 0.500. The minimum atomic E-state index is -3.30. The zero-order valence-electron chi connectivity index (χ0n) is 23.3. The lowest BCUT2D eigenvalue weighted by atomic mass is 9.99. The van der Waals surface area contributed by atoms with Crippen molar-refractivity contribution in [3.05, 3.63) is 42.5 Å². The molecular weight excluding hydrogens is 406 g/mol. The van der Waals surface area contributed by atoms with Crippen molar-refractivity contribution in [3.8, 4) is 5.75 Å². The molecule has 5 N–H and O–H groups in total. The van der Waals surface area contributed by atoms with Gasteiger partial charge in [0.25, 0.3) is 0 Å². The second-order valence-electron chi connectivity index (χ2n) is 7.04. The molecule has 0 aromatic heterocycles. The molecule has 3 rings (SSSR count). The number of carboxylic acids is 1. The Balaban J connectivity index is 1.87. The highest BCUT2D eigenvalue weighted by Crippen LogP contribution is 2.26. The van der Waals surface area contributed by atoms with Crippen LogP contribution in [-0.2, 0) is 14.3 Å². The molecule has 0 aliphatic carbocycles. The summed E-state index contributed by atoms with van der Waals surface area (Å²) >= 11 is 0. The molecule has 6 unspecified atom stereocenters. The first-order chi connectivity index (χ1) is 17.6. The Hall–Kier alpha value is -2.27. The first-order valence-electron chi connectivity index (χ1n) is 13.0. The van der Waals surface area contributed by atoms with E-state index >= 15 is 0 Å². The second-order valence-corrected chi connectivity index (χ2v) is 7.04. The second kappa shape index (κ2) is 10.4. The van der Waals surface area contributed by atoms with Gasteiger partial charge < -0.3 is 40.0 Å². The van der Waals surface area contributed by atoms with Crippen LogP contribution in [0.4, 0.5) is 0 Å². The molecule has 1 fully saturated rings. The molecule has 1 heterocycles. The minimum absolute atomic E-state index is 0.379. The number of carboxylic acid groups (broad SMARTS) is 1. The van der Waals surface area contributed by atoms with E-state index in [0.29, 0.717) is 11.1 Å². The van der Waals surface area contributed by atoms with Crippen LogP contribution in [0, 0.1) is 0 Å². The molecule has 6 atom stereocenters. The highest BCUT2D eigenvalue weighted by molar-refractivity contribution is 5.88. The summed E-state index contributed by atoms with van der Waals surface area (Å²) in [5.74, 6) is -1.27. The number of rotatable bonds is 9. The normalized spacial score (nSPS) is 31.8. The maximum absolute atomic E-state index is 11.4. The zero-order valence-corrected chi connectivity index (χ0v) is 16.3. The third kappa shape index (κ3) is 5.70. The van der Waals surface area contributed by atoms with Gasteiger partial charge in [0.2, 0.25) is 0 Å². The average Bonchev–Trinajstić information content (AvgIpc) is 2.83. The average molecular weight is 443 g/mol. The van der Waals surface area contributed by atoms with Crippen molar-refractivity contribution in [1.82, 2.24) is 5.32 Å². The van der Waals surface area contributed by atoms with Crippen LogP contribution < -0.4 is 10.1 Å². The number of hydrogen-bond donors (Lipinski definition) is 5. The highest BCUT2D eigenvalue weighted by atomic mass is 16.7. The van der Waals surface area contributed by atoms with Crippen LogP contribution in [0.25, 0.3) is 10.8 Å². The smallest absolute Gasteiger partial charge is 0.335 e. The Kier molecular flexibility index (Phi) is 5.19. The number of hydrogen-bond acceptors (Lipinski definition) is 8. The number of aliphatic hydroxyl groups excluding tert-OH is 3. The fourth-order valence-electron chi connectivity index (χ4n) is 3.22. The zero-order chi connectivity index (χ0) is 28.5. The lowest BCUT2D eigenvalue weighted by Gasteiger charge is -2.39. The van der Waals surface area contributed by atoms with Gasteiger partial charge >= 0.3 is 5.97 Å². The first-order valence-corrected chi connectivity index (χ1v) is 9.50. The van der Waals surface area contributed by atoms with Crippen molar-refractivity contribution in [1.29, 1.82) is 0 Å². The van der Waals surface area contributed by atoms with Gasteiger partial charge in [0.15, 0.2) is 12.4 Å². The maximum Gasteiger partial charge on any atom is 0.335 e. The minimum Gasteiger partial charge on any atom is -0.490 e. The molecular formula is C22H29NO8. The highest BCUT2D eigenvalue weighted by Gasteiger charge is 2.48. The van der Waals surface area contributed by atoms with E-state index in [9.17, 15) is 25.2 Å². The molecule has 170 valence electrons. The monoisotopic (exact) mass is 442 g/mol. The van der Waals surface area contributed by atoms with E-state index in [1.165, 1.54) is 0 Å². The largest absolute Gasteiger partial charge is 0.490 e. The molecule has 1 aliphatic heterocycles. The van der Waals surface area contributed by atoms with Gasteiger partial charge in [-0.2, -0.15) is 0 Å². The summed E-state index contributed by atoms with van der Waals surface area (Å²) < 4.78 is 70.2. The number of nitrogens with one attached hydrogen (secondary N) is 1. The molecule has 9 nitrogen and oxygen atoms in total. The Morgan fingerprint density at radius 2 is 1.90 bits per heavy atom. The number of ether oxygens (including phenoxy) is 3. The molecule has 0 amide bonds. The number of aliphatic hydroxyl groups is 3. The van der Waals surface area contributed by atoms with Crippen LogP contribution in [0.3, 0.4) is 0 Å². The third-order valence-electron chi connectivity index (χ3n) is 4.82. The number of benzene rings is 2. The van der Waals surface area contributed by atoms with Crippen molar-refractivity contribution < 1.29 is 49.0 Å². The molecule has 1 aliphatic rings. The Labute approximate surface area is 190 Å². The van der Waals surface area contributed by atoms with Gasteiger partial charge in [0.05, 0.1) is 0 Å². The summed E-state index contributed by atoms with van der Waals surface area (Å²) in [4.78, 5) is 11.4. The summed E-state index contributed by atoms with van der Waals surface area (Å²) in [7, 11) is 0. The Morgan fingerprint density at radius 3 is 2.65 bits per heavy atom.